The molecule has 0 radical (unpaired) electrons. The molecular formula is C10H16O2. The molecule has 2 atom stereocenters. The van der Waals surface area contributed by atoms with E-state index in [1.54, 1.807) is 6.92 Å². The van der Waals surface area contributed by atoms with Gasteiger partial charge in [-0.25, -0.2) is 0 Å². The predicted molar refractivity (Wildman–Crippen MR) is 46.8 cm³/mol. The van der Waals surface area contributed by atoms with Crippen LogP contribution in [-0.4, -0.2) is 11.6 Å². The Hall–Kier alpha value is -0.660. The number of carbonyl (C=O) groups is 2. The van der Waals surface area contributed by atoms with Crippen LogP contribution in [0.25, 0.3) is 0 Å². The normalized spacial score (nSPS) is 36.6. The van der Waals surface area contributed by atoms with Gasteiger partial charge >= 0.3 is 0 Å². The molecule has 1 rings (SSSR count). The number of Topliss-reactive ketones (excluding diaryl/α,β-unsaturated/α-hetero) is 2. The van der Waals surface area contributed by atoms with E-state index in [9.17, 15) is 9.59 Å². The molecule has 1 aliphatic carbocycles. The van der Waals surface area contributed by atoms with Gasteiger partial charge in [-0.3, -0.25) is 9.59 Å². The monoisotopic (exact) mass is 168 g/mol. The Balaban J connectivity index is 2.80. The summed E-state index contributed by atoms with van der Waals surface area (Å²) in [6.45, 7) is 5.37. The second-order valence-electron chi connectivity index (χ2n) is 4.16. The number of hydrogen-bond acceptors (Lipinski definition) is 2. The van der Waals surface area contributed by atoms with Gasteiger partial charge in [-0.2, -0.15) is 0 Å². The summed E-state index contributed by atoms with van der Waals surface area (Å²) in [4.78, 5) is 22.8. The van der Waals surface area contributed by atoms with Crippen molar-refractivity contribution in [2.24, 2.45) is 11.3 Å². The number of carbonyl (C=O) groups excluding carboxylic acids is 2. The van der Waals surface area contributed by atoms with Crippen LogP contribution in [-0.2, 0) is 9.59 Å². The van der Waals surface area contributed by atoms with E-state index in [1.807, 2.05) is 0 Å². The maximum Gasteiger partial charge on any atom is 0.146 e. The minimum absolute atomic E-state index is 0.0272. The number of ketones is 2. The van der Waals surface area contributed by atoms with E-state index >= 15 is 0 Å². The van der Waals surface area contributed by atoms with Crippen LogP contribution >= 0.6 is 0 Å². The van der Waals surface area contributed by atoms with Crippen LogP contribution in [0.15, 0.2) is 0 Å². The van der Waals surface area contributed by atoms with Crippen LogP contribution in [0.4, 0.5) is 0 Å². The molecule has 0 aromatic carbocycles. The molecule has 1 fully saturated rings. The summed E-state index contributed by atoms with van der Waals surface area (Å²) in [7, 11) is 0. The van der Waals surface area contributed by atoms with Crippen LogP contribution in [0.1, 0.15) is 40.0 Å². The molecule has 0 aromatic heterocycles. The zero-order valence-electron chi connectivity index (χ0n) is 8.02. The minimum atomic E-state index is -0.660. The molecule has 1 saturated carbocycles. The molecule has 0 amide bonds. The zero-order chi connectivity index (χ0) is 9.35. The van der Waals surface area contributed by atoms with Crippen molar-refractivity contribution < 1.29 is 9.59 Å². The second kappa shape index (κ2) is 3.00. The van der Waals surface area contributed by atoms with E-state index in [0.717, 1.165) is 12.8 Å². The molecule has 0 bridgehead atoms. The van der Waals surface area contributed by atoms with Crippen LogP contribution in [0.3, 0.4) is 0 Å². The summed E-state index contributed by atoms with van der Waals surface area (Å²) in [5, 5.41) is 0. The number of hydrogen-bond donors (Lipinski definition) is 0. The molecule has 1 aliphatic rings. The lowest BCUT2D eigenvalue weighted by Crippen LogP contribution is -2.39. The summed E-state index contributed by atoms with van der Waals surface area (Å²) in [5.74, 6) is 0.623. The Kier molecular flexibility index (Phi) is 2.36. The third-order valence-corrected chi connectivity index (χ3v) is 3.06. The van der Waals surface area contributed by atoms with E-state index < -0.39 is 5.41 Å². The molecule has 2 nitrogen and oxygen atoms in total. The van der Waals surface area contributed by atoms with Crippen LogP contribution in [0.5, 0.6) is 0 Å². The summed E-state index contributed by atoms with van der Waals surface area (Å²) in [6.07, 6.45) is 2.32. The van der Waals surface area contributed by atoms with Gasteiger partial charge < -0.3 is 0 Å². The van der Waals surface area contributed by atoms with Crippen molar-refractivity contribution in [2.45, 2.75) is 40.0 Å². The average molecular weight is 168 g/mol. The Bertz CT molecular complexity index is 220. The molecule has 12 heavy (non-hydrogen) atoms. The van der Waals surface area contributed by atoms with Crippen LogP contribution in [0.2, 0.25) is 0 Å². The van der Waals surface area contributed by atoms with E-state index in [0.29, 0.717) is 12.3 Å². The first-order valence-corrected chi connectivity index (χ1v) is 4.51. The molecule has 0 saturated heterocycles. The van der Waals surface area contributed by atoms with Crippen molar-refractivity contribution in [3.8, 4) is 0 Å². The smallest absolute Gasteiger partial charge is 0.146 e. The van der Waals surface area contributed by atoms with Crippen molar-refractivity contribution in [1.82, 2.24) is 0 Å². The number of rotatable bonds is 1. The molecule has 0 spiro atoms. The molecular weight excluding hydrogens is 152 g/mol. The largest absolute Gasteiger partial charge is 0.299 e. The molecule has 68 valence electrons. The van der Waals surface area contributed by atoms with Crippen molar-refractivity contribution in [1.29, 1.82) is 0 Å². The van der Waals surface area contributed by atoms with Crippen molar-refractivity contribution >= 4 is 11.6 Å². The zero-order valence-corrected chi connectivity index (χ0v) is 8.02. The van der Waals surface area contributed by atoms with Gasteiger partial charge in [-0.15, -0.1) is 0 Å². The summed E-state index contributed by atoms with van der Waals surface area (Å²) < 4.78 is 0. The fraction of sp³-hybridized carbons (Fsp3) is 0.800. The average Bonchev–Trinajstić information content (AvgIpc) is 1.97. The van der Waals surface area contributed by atoms with Crippen molar-refractivity contribution in [3.05, 3.63) is 0 Å². The Labute approximate surface area is 73.3 Å². The highest BCUT2D eigenvalue weighted by Crippen LogP contribution is 2.36. The van der Waals surface area contributed by atoms with Gasteiger partial charge in [-0.05, 0) is 32.6 Å². The lowest BCUT2D eigenvalue weighted by molar-refractivity contribution is -0.141. The van der Waals surface area contributed by atoms with Crippen molar-refractivity contribution in [2.75, 3.05) is 0 Å². The van der Waals surface area contributed by atoms with Crippen LogP contribution < -0.4 is 0 Å². The highest BCUT2D eigenvalue weighted by molar-refractivity contribution is 6.06. The third kappa shape index (κ3) is 1.43. The maximum absolute atomic E-state index is 11.5. The first-order valence-electron chi connectivity index (χ1n) is 4.51. The van der Waals surface area contributed by atoms with Gasteiger partial charge in [0.2, 0.25) is 0 Å². The third-order valence-electron chi connectivity index (χ3n) is 3.06. The first kappa shape index (κ1) is 9.43. The second-order valence-corrected chi connectivity index (χ2v) is 4.16. The molecule has 2 heteroatoms. The van der Waals surface area contributed by atoms with Crippen molar-refractivity contribution in [3.63, 3.8) is 0 Å². The molecule has 2 unspecified atom stereocenters. The van der Waals surface area contributed by atoms with E-state index in [2.05, 4.69) is 6.92 Å². The minimum Gasteiger partial charge on any atom is -0.299 e. The maximum atomic E-state index is 11.5. The summed E-state index contributed by atoms with van der Waals surface area (Å²) in [5.41, 5.74) is -0.660. The van der Waals surface area contributed by atoms with Gasteiger partial charge in [0.25, 0.3) is 0 Å². The predicted octanol–water partition coefficient (Wildman–Crippen LogP) is 1.97. The van der Waals surface area contributed by atoms with E-state index in [-0.39, 0.29) is 11.6 Å². The standard InChI is InChI=1S/C10H16O2/c1-7-4-5-10(3,8(2)11)9(12)6-7/h7H,4-6H2,1-3H3. The topological polar surface area (TPSA) is 34.1 Å². The van der Waals surface area contributed by atoms with Gasteiger partial charge in [-0.1, -0.05) is 6.92 Å². The summed E-state index contributed by atoms with van der Waals surface area (Å²) >= 11 is 0. The molecule has 0 aliphatic heterocycles. The SMILES string of the molecule is CC(=O)C1(C)CCC(C)CC1=O. The van der Waals surface area contributed by atoms with E-state index in [4.69, 9.17) is 0 Å². The Morgan fingerprint density at radius 2 is 2.17 bits per heavy atom. The first-order chi connectivity index (χ1) is 5.47. The lowest BCUT2D eigenvalue weighted by atomic mass is 9.69. The quantitative estimate of drug-likeness (QED) is 0.561. The highest BCUT2D eigenvalue weighted by Gasteiger charge is 2.41. The Morgan fingerprint density at radius 1 is 1.58 bits per heavy atom. The fourth-order valence-electron chi connectivity index (χ4n) is 1.69. The molecule has 0 aromatic rings. The lowest BCUT2D eigenvalue weighted by Gasteiger charge is -2.32. The van der Waals surface area contributed by atoms with E-state index in [1.165, 1.54) is 6.92 Å². The summed E-state index contributed by atoms with van der Waals surface area (Å²) in [6, 6.07) is 0. The van der Waals surface area contributed by atoms with Gasteiger partial charge in [0, 0.05) is 6.42 Å². The molecule has 0 heterocycles. The fourth-order valence-corrected chi connectivity index (χ4v) is 1.69. The van der Waals surface area contributed by atoms with Gasteiger partial charge in [0.1, 0.15) is 11.6 Å². The van der Waals surface area contributed by atoms with Gasteiger partial charge in [0.15, 0.2) is 0 Å². The van der Waals surface area contributed by atoms with Gasteiger partial charge in [0.05, 0.1) is 5.41 Å². The highest BCUT2D eigenvalue weighted by atomic mass is 16.2. The Morgan fingerprint density at radius 3 is 2.58 bits per heavy atom. The van der Waals surface area contributed by atoms with Crippen LogP contribution in [0, 0.1) is 11.3 Å². The molecule has 0 N–H and O–H groups in total.